The summed E-state index contributed by atoms with van der Waals surface area (Å²) in [6, 6.07) is 9.38. The molecule has 22 heavy (non-hydrogen) atoms. The Morgan fingerprint density at radius 1 is 1.23 bits per heavy atom. The lowest BCUT2D eigenvalue weighted by molar-refractivity contribution is -0.137. The van der Waals surface area contributed by atoms with Crippen molar-refractivity contribution in [1.29, 1.82) is 0 Å². The number of carboxylic acid groups (broad SMARTS) is 1. The molecular weight excluding hydrogens is 304 g/mol. The van der Waals surface area contributed by atoms with Crippen LogP contribution in [-0.4, -0.2) is 31.1 Å². The Bertz CT molecular complexity index is 873. The van der Waals surface area contributed by atoms with E-state index in [-0.39, 0.29) is 6.54 Å². The standard InChI is InChI=1S/C15H11ClN4O2/c16-11-3-1-10-2-4-12(17-14(10)7-11)5-6-13-8-20(19-18-13)9-15(21)22/h1-8H,9H2,(H,21,22)/b6-5+. The van der Waals surface area contributed by atoms with E-state index in [1.807, 2.05) is 24.3 Å². The van der Waals surface area contributed by atoms with Gasteiger partial charge in [-0.3, -0.25) is 4.79 Å². The van der Waals surface area contributed by atoms with E-state index in [1.54, 1.807) is 24.4 Å². The van der Waals surface area contributed by atoms with Gasteiger partial charge >= 0.3 is 5.97 Å². The average molecular weight is 315 g/mol. The highest BCUT2D eigenvalue weighted by Crippen LogP contribution is 2.18. The molecule has 1 aromatic carbocycles. The Kier molecular flexibility index (Phi) is 3.84. The SMILES string of the molecule is O=C(O)Cn1cc(/C=C/c2ccc3ccc(Cl)cc3n2)nn1. The fraction of sp³-hybridized carbons (Fsp3) is 0.0667. The zero-order valence-electron chi connectivity index (χ0n) is 11.3. The minimum absolute atomic E-state index is 0.215. The number of rotatable bonds is 4. The van der Waals surface area contributed by atoms with Gasteiger partial charge in [-0.2, -0.15) is 0 Å². The summed E-state index contributed by atoms with van der Waals surface area (Å²) in [5.74, 6) is -0.964. The zero-order chi connectivity index (χ0) is 15.5. The lowest BCUT2D eigenvalue weighted by Gasteiger charge is -1.99. The normalized spacial score (nSPS) is 11.3. The second kappa shape index (κ2) is 5.95. The van der Waals surface area contributed by atoms with Crippen molar-refractivity contribution in [1.82, 2.24) is 20.0 Å². The van der Waals surface area contributed by atoms with Gasteiger partial charge in [-0.1, -0.05) is 28.9 Å². The molecule has 110 valence electrons. The number of carboxylic acids is 1. The van der Waals surface area contributed by atoms with Crippen LogP contribution < -0.4 is 0 Å². The van der Waals surface area contributed by atoms with Crippen LogP contribution in [0.3, 0.4) is 0 Å². The van der Waals surface area contributed by atoms with Crippen LogP contribution in [0.4, 0.5) is 0 Å². The van der Waals surface area contributed by atoms with Gasteiger partial charge in [-0.05, 0) is 30.4 Å². The van der Waals surface area contributed by atoms with Crippen LogP contribution in [0, 0.1) is 0 Å². The molecule has 2 heterocycles. The van der Waals surface area contributed by atoms with Gasteiger partial charge in [0, 0.05) is 10.4 Å². The molecule has 2 aromatic heterocycles. The molecule has 0 spiro atoms. The molecule has 1 N–H and O–H groups in total. The Hall–Kier alpha value is -2.73. The minimum atomic E-state index is -0.964. The number of aromatic nitrogens is 4. The van der Waals surface area contributed by atoms with Gasteiger partial charge in [0.2, 0.25) is 0 Å². The molecule has 7 heteroatoms. The van der Waals surface area contributed by atoms with Crippen molar-refractivity contribution in [2.24, 2.45) is 0 Å². The average Bonchev–Trinajstić information content (AvgIpc) is 2.91. The molecule has 0 aliphatic heterocycles. The smallest absolute Gasteiger partial charge is 0.325 e. The summed E-state index contributed by atoms with van der Waals surface area (Å²) < 4.78 is 1.26. The lowest BCUT2D eigenvalue weighted by Crippen LogP contribution is -2.08. The largest absolute Gasteiger partial charge is 0.480 e. The maximum Gasteiger partial charge on any atom is 0.325 e. The predicted octanol–water partition coefficient (Wildman–Crippen LogP) is 2.73. The van der Waals surface area contributed by atoms with E-state index >= 15 is 0 Å². The number of hydrogen-bond acceptors (Lipinski definition) is 4. The van der Waals surface area contributed by atoms with Crippen LogP contribution in [0.25, 0.3) is 23.1 Å². The number of benzene rings is 1. The van der Waals surface area contributed by atoms with Crippen LogP contribution in [0.5, 0.6) is 0 Å². The van der Waals surface area contributed by atoms with Crippen LogP contribution in [0.15, 0.2) is 36.5 Å². The maximum absolute atomic E-state index is 10.6. The van der Waals surface area contributed by atoms with Crippen LogP contribution in [0.1, 0.15) is 11.4 Å². The van der Waals surface area contributed by atoms with Crippen molar-refractivity contribution < 1.29 is 9.90 Å². The van der Waals surface area contributed by atoms with Crippen molar-refractivity contribution in [2.45, 2.75) is 6.54 Å². The lowest BCUT2D eigenvalue weighted by atomic mass is 10.2. The topological polar surface area (TPSA) is 80.9 Å². The molecule has 0 bridgehead atoms. The van der Waals surface area contributed by atoms with Gasteiger partial charge in [-0.25, -0.2) is 9.67 Å². The maximum atomic E-state index is 10.6. The van der Waals surface area contributed by atoms with Crippen LogP contribution in [0.2, 0.25) is 5.02 Å². The van der Waals surface area contributed by atoms with Gasteiger partial charge in [0.05, 0.1) is 17.4 Å². The van der Waals surface area contributed by atoms with Crippen molar-refractivity contribution in [2.75, 3.05) is 0 Å². The van der Waals surface area contributed by atoms with E-state index in [0.29, 0.717) is 10.7 Å². The van der Waals surface area contributed by atoms with E-state index in [1.165, 1.54) is 4.68 Å². The van der Waals surface area contributed by atoms with Crippen molar-refractivity contribution in [3.8, 4) is 0 Å². The first-order valence-electron chi connectivity index (χ1n) is 6.46. The van der Waals surface area contributed by atoms with Gasteiger partial charge < -0.3 is 5.11 Å². The summed E-state index contributed by atoms with van der Waals surface area (Å²) in [6.07, 6.45) is 5.07. The molecule has 0 aliphatic rings. The number of aliphatic carboxylic acids is 1. The first-order chi connectivity index (χ1) is 10.6. The molecule has 0 saturated carbocycles. The Morgan fingerprint density at radius 3 is 2.82 bits per heavy atom. The quantitative estimate of drug-likeness (QED) is 0.800. The van der Waals surface area contributed by atoms with Crippen molar-refractivity contribution >= 4 is 40.6 Å². The van der Waals surface area contributed by atoms with Crippen LogP contribution >= 0.6 is 11.6 Å². The van der Waals surface area contributed by atoms with E-state index in [0.717, 1.165) is 16.6 Å². The molecule has 0 atom stereocenters. The molecule has 0 amide bonds. The highest BCUT2D eigenvalue weighted by atomic mass is 35.5. The Balaban J connectivity index is 1.82. The second-order valence-corrected chi connectivity index (χ2v) is 5.08. The molecule has 0 radical (unpaired) electrons. The van der Waals surface area contributed by atoms with E-state index in [9.17, 15) is 4.79 Å². The third-order valence-electron chi connectivity index (χ3n) is 2.95. The molecule has 3 aromatic rings. The third kappa shape index (κ3) is 3.29. The number of nitrogens with zero attached hydrogens (tertiary/aromatic N) is 4. The molecule has 0 unspecified atom stereocenters. The zero-order valence-corrected chi connectivity index (χ0v) is 12.1. The molecule has 0 saturated heterocycles. The summed E-state index contributed by atoms with van der Waals surface area (Å²) in [5, 5.41) is 17.9. The molecule has 3 rings (SSSR count). The number of fused-ring (bicyclic) bond motifs is 1. The summed E-state index contributed by atoms with van der Waals surface area (Å²) >= 11 is 5.96. The Morgan fingerprint density at radius 2 is 2.00 bits per heavy atom. The summed E-state index contributed by atoms with van der Waals surface area (Å²) in [7, 11) is 0. The monoisotopic (exact) mass is 314 g/mol. The Labute approximate surface area is 130 Å². The van der Waals surface area contributed by atoms with Gasteiger partial charge in [0.1, 0.15) is 12.2 Å². The fourth-order valence-electron chi connectivity index (χ4n) is 1.98. The third-order valence-corrected chi connectivity index (χ3v) is 3.19. The minimum Gasteiger partial charge on any atom is -0.480 e. The first-order valence-corrected chi connectivity index (χ1v) is 6.84. The number of halogens is 1. The molecule has 6 nitrogen and oxygen atoms in total. The predicted molar refractivity (Wildman–Crippen MR) is 83.3 cm³/mol. The van der Waals surface area contributed by atoms with E-state index in [2.05, 4.69) is 15.3 Å². The number of hydrogen-bond donors (Lipinski definition) is 1. The molecule has 0 aliphatic carbocycles. The van der Waals surface area contributed by atoms with E-state index < -0.39 is 5.97 Å². The number of carbonyl (C=O) groups is 1. The first kappa shape index (κ1) is 14.2. The molecular formula is C15H11ClN4O2. The second-order valence-electron chi connectivity index (χ2n) is 4.64. The van der Waals surface area contributed by atoms with Gasteiger partial charge in [0.15, 0.2) is 0 Å². The fourth-order valence-corrected chi connectivity index (χ4v) is 2.14. The van der Waals surface area contributed by atoms with Gasteiger partial charge in [0.25, 0.3) is 0 Å². The highest BCUT2D eigenvalue weighted by molar-refractivity contribution is 6.31. The highest BCUT2D eigenvalue weighted by Gasteiger charge is 2.02. The summed E-state index contributed by atoms with van der Waals surface area (Å²) in [6.45, 7) is -0.215. The summed E-state index contributed by atoms with van der Waals surface area (Å²) in [5.41, 5.74) is 2.13. The van der Waals surface area contributed by atoms with Crippen molar-refractivity contribution in [3.63, 3.8) is 0 Å². The van der Waals surface area contributed by atoms with Crippen molar-refractivity contribution in [3.05, 3.63) is 52.9 Å². The number of pyridine rings is 1. The van der Waals surface area contributed by atoms with Gasteiger partial charge in [-0.15, -0.1) is 5.10 Å². The summed E-state index contributed by atoms with van der Waals surface area (Å²) in [4.78, 5) is 15.1. The van der Waals surface area contributed by atoms with Crippen LogP contribution in [-0.2, 0) is 11.3 Å². The molecule has 0 fully saturated rings. The van der Waals surface area contributed by atoms with E-state index in [4.69, 9.17) is 16.7 Å².